The number of nitrogens with one attached hydrogen (secondary N) is 1. The minimum atomic E-state index is -0.845. The van der Waals surface area contributed by atoms with Crippen molar-refractivity contribution in [3.8, 4) is 0 Å². The number of unbranched alkanes of at least 4 members (excludes halogenated alkanes) is 58. The van der Waals surface area contributed by atoms with E-state index in [1.807, 2.05) is 6.08 Å². The highest BCUT2D eigenvalue weighted by atomic mass is 16.5. The Labute approximate surface area is 495 Å². The van der Waals surface area contributed by atoms with Crippen molar-refractivity contribution in [2.45, 2.75) is 431 Å². The fraction of sp³-hybridized carbons (Fsp3) is 0.945. The van der Waals surface area contributed by atoms with Crippen LogP contribution in [0.15, 0.2) is 12.2 Å². The van der Waals surface area contributed by atoms with E-state index in [0.29, 0.717) is 19.4 Å². The fourth-order valence-corrected chi connectivity index (χ4v) is 11.8. The van der Waals surface area contributed by atoms with Crippen LogP contribution in [0.1, 0.15) is 418 Å². The van der Waals surface area contributed by atoms with Gasteiger partial charge in [0.05, 0.1) is 25.4 Å². The molecule has 0 aromatic rings. The molecular weight excluding hydrogens is 971 g/mol. The molecule has 0 aliphatic rings. The highest BCUT2D eigenvalue weighted by Gasteiger charge is 2.18. The van der Waals surface area contributed by atoms with Gasteiger partial charge in [0.15, 0.2) is 0 Å². The molecule has 0 spiro atoms. The molecule has 0 bridgehead atoms. The number of amides is 1. The Balaban J connectivity index is 3.39. The molecule has 3 N–H and O–H groups in total. The molecule has 0 heterocycles. The SMILES string of the molecule is CCCCCCCCCCCCCCCCCCCCCCCC/C=C/C(O)C(CO)NC(=O)CCCCCCCCCCCCCCCCCCCCCCCCCOC(=O)CCCCCCCCCCCCCCCCC. The van der Waals surface area contributed by atoms with Crippen molar-refractivity contribution in [3.05, 3.63) is 12.2 Å². The van der Waals surface area contributed by atoms with Crippen molar-refractivity contribution in [1.29, 1.82) is 0 Å². The summed E-state index contributed by atoms with van der Waals surface area (Å²) in [5.74, 6) is -0.0440. The maximum absolute atomic E-state index is 12.5. The Morgan fingerprint density at radius 3 is 0.861 bits per heavy atom. The monoisotopic (exact) mass is 1110 g/mol. The van der Waals surface area contributed by atoms with Crippen molar-refractivity contribution in [3.63, 3.8) is 0 Å². The average Bonchev–Trinajstić information content (AvgIpc) is 3.45. The first kappa shape index (κ1) is 77.6. The van der Waals surface area contributed by atoms with Crippen molar-refractivity contribution in [2.24, 2.45) is 0 Å². The molecule has 1 amide bonds. The van der Waals surface area contributed by atoms with Crippen LogP contribution in [0.4, 0.5) is 0 Å². The zero-order valence-corrected chi connectivity index (χ0v) is 53.9. The summed E-state index contributed by atoms with van der Waals surface area (Å²) in [7, 11) is 0. The fourth-order valence-electron chi connectivity index (χ4n) is 11.8. The van der Waals surface area contributed by atoms with Crippen molar-refractivity contribution in [1.82, 2.24) is 5.32 Å². The summed E-state index contributed by atoms with van der Waals surface area (Å²) in [6.07, 6.45) is 85.8. The van der Waals surface area contributed by atoms with Crippen LogP contribution < -0.4 is 5.32 Å². The molecule has 6 heteroatoms. The van der Waals surface area contributed by atoms with Crippen molar-refractivity contribution >= 4 is 11.9 Å². The highest BCUT2D eigenvalue weighted by molar-refractivity contribution is 5.76. The average molecular weight is 1110 g/mol. The topological polar surface area (TPSA) is 95.9 Å². The van der Waals surface area contributed by atoms with Crippen LogP contribution in [-0.2, 0) is 14.3 Å². The van der Waals surface area contributed by atoms with Gasteiger partial charge in [0.25, 0.3) is 0 Å². The molecule has 0 fully saturated rings. The van der Waals surface area contributed by atoms with E-state index in [4.69, 9.17) is 4.74 Å². The van der Waals surface area contributed by atoms with E-state index in [-0.39, 0.29) is 18.5 Å². The second kappa shape index (κ2) is 69.1. The first-order valence-corrected chi connectivity index (χ1v) is 36.5. The lowest BCUT2D eigenvalue weighted by Gasteiger charge is -2.20. The third-order valence-electron chi connectivity index (χ3n) is 17.3. The van der Waals surface area contributed by atoms with E-state index >= 15 is 0 Å². The van der Waals surface area contributed by atoms with E-state index in [1.165, 1.54) is 353 Å². The van der Waals surface area contributed by atoms with Gasteiger partial charge in [-0.25, -0.2) is 0 Å². The zero-order chi connectivity index (χ0) is 57.1. The minimum Gasteiger partial charge on any atom is -0.466 e. The maximum Gasteiger partial charge on any atom is 0.305 e. The maximum atomic E-state index is 12.5. The molecule has 6 nitrogen and oxygen atoms in total. The van der Waals surface area contributed by atoms with Crippen LogP contribution in [-0.4, -0.2) is 47.4 Å². The van der Waals surface area contributed by atoms with Gasteiger partial charge in [-0.2, -0.15) is 0 Å². The number of hydrogen-bond donors (Lipinski definition) is 3. The number of rotatable bonds is 69. The number of carbonyl (C=O) groups excluding carboxylic acids is 2. The van der Waals surface area contributed by atoms with E-state index < -0.39 is 12.1 Å². The molecule has 0 aliphatic heterocycles. The van der Waals surface area contributed by atoms with Crippen LogP contribution in [0.25, 0.3) is 0 Å². The molecule has 0 saturated heterocycles. The lowest BCUT2D eigenvalue weighted by molar-refractivity contribution is -0.143. The summed E-state index contributed by atoms with van der Waals surface area (Å²) in [4.78, 5) is 24.6. The number of allylic oxidation sites excluding steroid dienone is 1. The van der Waals surface area contributed by atoms with Crippen molar-refractivity contribution < 1.29 is 24.5 Å². The standard InChI is InChI=1S/C73H143NO5/c1-3-5-7-9-11-13-15-17-19-20-21-22-23-25-28-31-34-38-41-45-49-53-57-61-65-71(76)70(69-75)74-72(77)66-62-58-54-50-46-42-39-35-32-29-26-24-27-30-33-36-40-44-48-52-56-60-64-68-79-73(78)67-63-59-55-51-47-43-37-18-16-14-12-10-8-6-4-2/h61,65,70-71,75-76H,3-60,62-64,66-69H2,1-2H3,(H,74,77)/b65-61+. The van der Waals surface area contributed by atoms with Gasteiger partial charge in [0.2, 0.25) is 5.91 Å². The van der Waals surface area contributed by atoms with Gasteiger partial charge < -0.3 is 20.3 Å². The van der Waals surface area contributed by atoms with Crippen molar-refractivity contribution in [2.75, 3.05) is 13.2 Å². The number of hydrogen-bond acceptors (Lipinski definition) is 5. The third kappa shape index (κ3) is 65.6. The van der Waals surface area contributed by atoms with Crippen LogP contribution in [0.2, 0.25) is 0 Å². The van der Waals surface area contributed by atoms with Gasteiger partial charge in [-0.1, -0.05) is 386 Å². The van der Waals surface area contributed by atoms with E-state index in [9.17, 15) is 19.8 Å². The third-order valence-corrected chi connectivity index (χ3v) is 17.3. The lowest BCUT2D eigenvalue weighted by Crippen LogP contribution is -2.45. The van der Waals surface area contributed by atoms with E-state index in [2.05, 4.69) is 19.2 Å². The summed E-state index contributed by atoms with van der Waals surface area (Å²) in [5.41, 5.74) is 0. The lowest BCUT2D eigenvalue weighted by atomic mass is 10.0. The predicted molar refractivity (Wildman–Crippen MR) is 347 cm³/mol. The number of ether oxygens (including phenoxy) is 1. The normalized spacial score (nSPS) is 12.5. The van der Waals surface area contributed by atoms with E-state index in [0.717, 1.165) is 38.5 Å². The summed E-state index contributed by atoms with van der Waals surface area (Å²) in [6, 6.07) is -0.628. The second-order valence-corrected chi connectivity index (χ2v) is 25.3. The molecule has 0 aromatic heterocycles. The first-order valence-electron chi connectivity index (χ1n) is 36.5. The van der Waals surface area contributed by atoms with Crippen LogP contribution in [0.5, 0.6) is 0 Å². The smallest absolute Gasteiger partial charge is 0.305 e. The molecule has 2 atom stereocenters. The van der Waals surface area contributed by atoms with Crippen LogP contribution in [0.3, 0.4) is 0 Å². The molecular formula is C73H143NO5. The van der Waals surface area contributed by atoms with Gasteiger partial charge in [-0.15, -0.1) is 0 Å². The number of aliphatic hydroxyl groups is 2. The quantitative estimate of drug-likeness (QED) is 0.0320. The van der Waals surface area contributed by atoms with Crippen LogP contribution in [0, 0.1) is 0 Å². The Morgan fingerprint density at radius 2 is 0.582 bits per heavy atom. The Kier molecular flexibility index (Phi) is 67.9. The molecule has 0 aromatic carbocycles. The van der Waals surface area contributed by atoms with Gasteiger partial charge in [0.1, 0.15) is 0 Å². The Hall–Kier alpha value is -1.40. The molecule has 79 heavy (non-hydrogen) atoms. The molecule has 0 aliphatic carbocycles. The van der Waals surface area contributed by atoms with Gasteiger partial charge >= 0.3 is 5.97 Å². The van der Waals surface area contributed by atoms with Crippen LogP contribution >= 0.6 is 0 Å². The number of esters is 1. The Bertz CT molecular complexity index is 1190. The van der Waals surface area contributed by atoms with E-state index in [1.54, 1.807) is 6.08 Å². The first-order chi connectivity index (χ1) is 39.0. The largest absolute Gasteiger partial charge is 0.466 e. The molecule has 0 saturated carbocycles. The van der Waals surface area contributed by atoms with Gasteiger partial charge in [-0.3, -0.25) is 9.59 Å². The highest BCUT2D eigenvalue weighted by Crippen LogP contribution is 2.19. The summed E-state index contributed by atoms with van der Waals surface area (Å²) >= 11 is 0. The zero-order valence-electron chi connectivity index (χ0n) is 53.9. The number of aliphatic hydroxyl groups excluding tert-OH is 2. The van der Waals surface area contributed by atoms with Gasteiger partial charge in [0, 0.05) is 12.8 Å². The molecule has 0 rings (SSSR count). The number of carbonyl (C=O) groups is 2. The minimum absolute atomic E-state index is 0.0181. The summed E-state index contributed by atoms with van der Waals surface area (Å²) in [5, 5.41) is 23.3. The predicted octanol–water partition coefficient (Wildman–Crippen LogP) is 23.5. The molecule has 2 unspecified atom stereocenters. The summed E-state index contributed by atoms with van der Waals surface area (Å²) in [6.45, 7) is 4.96. The Morgan fingerprint density at radius 1 is 0.342 bits per heavy atom. The second-order valence-electron chi connectivity index (χ2n) is 25.3. The summed E-state index contributed by atoms with van der Waals surface area (Å²) < 4.78 is 5.50. The molecule has 0 radical (unpaired) electrons. The molecule has 470 valence electrons. The van der Waals surface area contributed by atoms with Gasteiger partial charge in [-0.05, 0) is 32.1 Å².